The average Bonchev–Trinajstić information content (AvgIpc) is 3.42. The number of amides is 1. The largest absolute Gasteiger partial charge is 0.338 e. The summed E-state index contributed by atoms with van der Waals surface area (Å²) in [7, 11) is 1.88. The van der Waals surface area contributed by atoms with E-state index in [4.69, 9.17) is 9.97 Å². The quantitative estimate of drug-likeness (QED) is 0.463. The molecule has 1 aliphatic heterocycles. The summed E-state index contributed by atoms with van der Waals surface area (Å²) in [5, 5.41) is 3.26. The molecular weight excluding hydrogens is 406 g/mol. The third-order valence-electron chi connectivity index (χ3n) is 6.38. The zero-order valence-corrected chi connectivity index (χ0v) is 18.6. The molecule has 4 aromatic rings. The van der Waals surface area contributed by atoms with Crippen LogP contribution in [0.25, 0.3) is 32.6 Å². The first-order valence-corrected chi connectivity index (χ1v) is 11.5. The lowest BCUT2D eigenvalue weighted by atomic mass is 10.0. The van der Waals surface area contributed by atoms with E-state index in [-0.39, 0.29) is 11.9 Å². The highest BCUT2D eigenvalue weighted by molar-refractivity contribution is 7.15. The van der Waals surface area contributed by atoms with Crippen molar-refractivity contribution >= 4 is 28.0 Å². The first-order chi connectivity index (χ1) is 15.0. The lowest BCUT2D eigenvalue weighted by molar-refractivity contribution is -0.135. The van der Waals surface area contributed by atoms with Gasteiger partial charge < -0.3 is 9.47 Å². The SMILES string of the molecule is Cc1ncc(-c2cc3cccc(-c4nc(C5CC5)n5c4CN(C)C(=O)C5C)c3cn2)s1. The number of hydrogen-bond donors (Lipinski definition) is 0. The maximum atomic E-state index is 12.7. The lowest BCUT2D eigenvalue weighted by Gasteiger charge is -2.31. The van der Waals surface area contributed by atoms with Gasteiger partial charge in [0.05, 0.1) is 33.5 Å². The summed E-state index contributed by atoms with van der Waals surface area (Å²) < 4.78 is 2.20. The second-order valence-electron chi connectivity index (χ2n) is 8.62. The number of imidazole rings is 1. The third-order valence-corrected chi connectivity index (χ3v) is 7.32. The molecule has 1 aromatic carbocycles. The van der Waals surface area contributed by atoms with Crippen molar-refractivity contribution in [2.75, 3.05) is 7.05 Å². The van der Waals surface area contributed by atoms with Gasteiger partial charge in [0.1, 0.15) is 11.9 Å². The van der Waals surface area contributed by atoms with Crippen LogP contribution in [0.5, 0.6) is 0 Å². The van der Waals surface area contributed by atoms with Crippen LogP contribution in [0, 0.1) is 6.92 Å². The Hall–Kier alpha value is -3.06. The zero-order chi connectivity index (χ0) is 21.3. The molecule has 1 saturated carbocycles. The predicted octanol–water partition coefficient (Wildman–Crippen LogP) is 4.94. The van der Waals surface area contributed by atoms with Crippen LogP contribution in [-0.4, -0.2) is 37.4 Å². The molecule has 6 nitrogen and oxygen atoms in total. The molecule has 7 heteroatoms. The number of aromatic nitrogens is 4. The minimum atomic E-state index is -0.208. The van der Waals surface area contributed by atoms with Crippen LogP contribution in [0.3, 0.4) is 0 Å². The molecule has 1 unspecified atom stereocenters. The Kier molecular flexibility index (Phi) is 4.05. The number of hydrogen-bond acceptors (Lipinski definition) is 5. The number of aryl methyl sites for hydroxylation is 1. The molecule has 4 heterocycles. The van der Waals surface area contributed by atoms with Gasteiger partial charge in [-0.2, -0.15) is 0 Å². The van der Waals surface area contributed by atoms with Gasteiger partial charge in [-0.3, -0.25) is 9.78 Å². The fourth-order valence-corrected chi connectivity index (χ4v) is 5.38. The van der Waals surface area contributed by atoms with Crippen molar-refractivity contribution in [2.45, 2.75) is 45.2 Å². The summed E-state index contributed by atoms with van der Waals surface area (Å²) in [5.74, 6) is 1.70. The highest BCUT2D eigenvalue weighted by Crippen LogP contribution is 2.45. The number of pyridine rings is 1. The number of nitrogens with zero attached hydrogens (tertiary/aromatic N) is 5. The number of carbonyl (C=O) groups is 1. The van der Waals surface area contributed by atoms with Crippen molar-refractivity contribution in [2.24, 2.45) is 0 Å². The summed E-state index contributed by atoms with van der Waals surface area (Å²) in [5.41, 5.74) is 4.15. The molecule has 0 spiro atoms. The molecular formula is C24H23N5OS. The van der Waals surface area contributed by atoms with Crippen molar-refractivity contribution in [3.63, 3.8) is 0 Å². The molecule has 0 bridgehead atoms. The van der Waals surface area contributed by atoms with Gasteiger partial charge >= 0.3 is 0 Å². The standard InChI is InChI=1S/C24H23N5OS/c1-13-24(30)28(3)12-20-22(27-23(29(13)20)15-7-8-15)17-6-4-5-16-9-19(26-10-18(16)17)21-11-25-14(2)31-21/h4-6,9-11,13,15H,7-8,12H2,1-3H3. The van der Waals surface area contributed by atoms with Crippen LogP contribution in [0.2, 0.25) is 0 Å². The van der Waals surface area contributed by atoms with Crippen LogP contribution < -0.4 is 0 Å². The topological polar surface area (TPSA) is 63.9 Å². The average molecular weight is 430 g/mol. The molecule has 1 aliphatic carbocycles. The van der Waals surface area contributed by atoms with E-state index < -0.39 is 0 Å². The fourth-order valence-electron chi connectivity index (χ4n) is 4.64. The van der Waals surface area contributed by atoms with Crippen LogP contribution in [0.15, 0.2) is 36.7 Å². The fraction of sp³-hybridized carbons (Fsp3) is 0.333. The Morgan fingerprint density at radius 3 is 2.74 bits per heavy atom. The smallest absolute Gasteiger partial charge is 0.245 e. The summed E-state index contributed by atoms with van der Waals surface area (Å²) in [4.78, 5) is 29.8. The molecule has 2 aliphatic rings. The zero-order valence-electron chi connectivity index (χ0n) is 17.8. The molecule has 0 N–H and O–H groups in total. The van der Waals surface area contributed by atoms with Crippen molar-refractivity contribution in [1.82, 2.24) is 24.4 Å². The number of rotatable bonds is 3. The minimum Gasteiger partial charge on any atom is -0.338 e. The normalized spacial score (nSPS) is 18.6. The molecule has 0 radical (unpaired) electrons. The highest BCUT2D eigenvalue weighted by atomic mass is 32.1. The summed E-state index contributed by atoms with van der Waals surface area (Å²) in [6.45, 7) is 4.59. The number of carbonyl (C=O) groups excluding carboxylic acids is 1. The first kappa shape index (κ1) is 18.7. The minimum absolute atomic E-state index is 0.155. The highest BCUT2D eigenvalue weighted by Gasteiger charge is 2.38. The summed E-state index contributed by atoms with van der Waals surface area (Å²) >= 11 is 1.66. The van der Waals surface area contributed by atoms with E-state index in [1.54, 1.807) is 11.3 Å². The Bertz CT molecular complexity index is 1350. The van der Waals surface area contributed by atoms with E-state index in [0.717, 1.165) is 62.0 Å². The van der Waals surface area contributed by atoms with Crippen LogP contribution in [0.4, 0.5) is 0 Å². The molecule has 6 rings (SSSR count). The predicted molar refractivity (Wildman–Crippen MR) is 122 cm³/mol. The molecule has 156 valence electrons. The van der Waals surface area contributed by atoms with Gasteiger partial charge in [0.25, 0.3) is 0 Å². The van der Waals surface area contributed by atoms with Crippen LogP contribution in [-0.2, 0) is 11.3 Å². The number of benzene rings is 1. The van der Waals surface area contributed by atoms with Gasteiger partial charge in [-0.25, -0.2) is 9.97 Å². The van der Waals surface area contributed by atoms with Gasteiger partial charge in [-0.15, -0.1) is 11.3 Å². The van der Waals surface area contributed by atoms with Crippen molar-refractivity contribution in [1.29, 1.82) is 0 Å². The summed E-state index contributed by atoms with van der Waals surface area (Å²) in [6.07, 6.45) is 6.15. The molecule has 1 amide bonds. The van der Waals surface area contributed by atoms with Gasteiger partial charge in [0.2, 0.25) is 5.91 Å². The Labute approximate surface area is 184 Å². The number of fused-ring (bicyclic) bond motifs is 2. The number of likely N-dealkylation sites (N-methyl/N-ethyl adjacent to an activating group) is 1. The van der Waals surface area contributed by atoms with E-state index >= 15 is 0 Å². The third kappa shape index (κ3) is 2.91. The van der Waals surface area contributed by atoms with Gasteiger partial charge in [0, 0.05) is 36.3 Å². The van der Waals surface area contributed by atoms with Gasteiger partial charge in [-0.1, -0.05) is 18.2 Å². The van der Waals surface area contributed by atoms with Gasteiger partial charge in [-0.05, 0) is 38.1 Å². The maximum absolute atomic E-state index is 12.7. The van der Waals surface area contributed by atoms with E-state index in [1.165, 1.54) is 0 Å². The number of thiazole rings is 1. The molecule has 31 heavy (non-hydrogen) atoms. The van der Waals surface area contributed by atoms with E-state index in [1.807, 2.05) is 38.2 Å². The molecule has 3 aromatic heterocycles. The first-order valence-electron chi connectivity index (χ1n) is 10.7. The second kappa shape index (κ2) is 6.72. The maximum Gasteiger partial charge on any atom is 0.245 e. The Morgan fingerprint density at radius 1 is 1.16 bits per heavy atom. The second-order valence-corrected chi connectivity index (χ2v) is 9.85. The van der Waals surface area contributed by atoms with Gasteiger partial charge in [0.15, 0.2) is 0 Å². The van der Waals surface area contributed by atoms with E-state index in [9.17, 15) is 4.79 Å². The van der Waals surface area contributed by atoms with E-state index in [2.05, 4.69) is 33.8 Å². The molecule has 1 fully saturated rings. The van der Waals surface area contributed by atoms with Crippen molar-refractivity contribution in [3.05, 3.63) is 53.2 Å². The Morgan fingerprint density at radius 2 is 2.00 bits per heavy atom. The van der Waals surface area contributed by atoms with E-state index in [0.29, 0.717) is 12.5 Å². The Balaban J connectivity index is 1.53. The lowest BCUT2D eigenvalue weighted by Crippen LogP contribution is -2.39. The van der Waals surface area contributed by atoms with Crippen molar-refractivity contribution < 1.29 is 4.79 Å². The molecule has 0 saturated heterocycles. The summed E-state index contributed by atoms with van der Waals surface area (Å²) in [6, 6.07) is 8.26. The van der Waals surface area contributed by atoms with Crippen molar-refractivity contribution in [3.8, 4) is 21.8 Å². The molecule has 1 atom stereocenters. The van der Waals surface area contributed by atoms with Crippen LogP contribution in [0.1, 0.15) is 48.3 Å². The van der Waals surface area contributed by atoms with Crippen LogP contribution >= 0.6 is 11.3 Å². The monoisotopic (exact) mass is 429 g/mol.